The van der Waals surface area contributed by atoms with E-state index in [-0.39, 0.29) is 16.5 Å². The van der Waals surface area contributed by atoms with Crippen molar-refractivity contribution in [3.8, 4) is 0 Å². The number of hydrogen-bond donors (Lipinski definition) is 1. The number of nitro groups is 1. The maximum absolute atomic E-state index is 11.2. The predicted molar refractivity (Wildman–Crippen MR) is 74.4 cm³/mol. The summed E-state index contributed by atoms with van der Waals surface area (Å²) in [6.45, 7) is 4.63. The van der Waals surface area contributed by atoms with Gasteiger partial charge in [-0.1, -0.05) is 33.1 Å². The Kier molecular flexibility index (Phi) is 4.07. The smallest absolute Gasteiger partial charge is 0.334 e. The van der Waals surface area contributed by atoms with Crippen LogP contribution in [0.2, 0.25) is 0 Å². The average molecular weight is 266 g/mol. The monoisotopic (exact) mass is 266 g/mol. The van der Waals surface area contributed by atoms with Crippen LogP contribution in [0.3, 0.4) is 0 Å². The zero-order valence-electron chi connectivity index (χ0n) is 11.8. The second-order valence-corrected chi connectivity index (χ2v) is 5.63. The van der Waals surface area contributed by atoms with E-state index in [2.05, 4.69) is 10.4 Å². The number of aryl methyl sites for hydroxylation is 1. The van der Waals surface area contributed by atoms with Gasteiger partial charge in [0.15, 0.2) is 0 Å². The van der Waals surface area contributed by atoms with Crippen molar-refractivity contribution < 1.29 is 4.92 Å². The van der Waals surface area contributed by atoms with Gasteiger partial charge in [-0.25, -0.2) is 4.68 Å². The van der Waals surface area contributed by atoms with Crippen molar-refractivity contribution in [3.05, 3.63) is 15.8 Å². The molecule has 1 aromatic rings. The average Bonchev–Trinajstić information content (AvgIpc) is 2.60. The highest BCUT2D eigenvalue weighted by molar-refractivity contribution is 5.60. The van der Waals surface area contributed by atoms with E-state index in [1.807, 2.05) is 13.8 Å². The summed E-state index contributed by atoms with van der Waals surface area (Å²) < 4.78 is 1.59. The lowest BCUT2D eigenvalue weighted by Crippen LogP contribution is -2.16. The van der Waals surface area contributed by atoms with Gasteiger partial charge in [0.25, 0.3) is 0 Å². The first kappa shape index (κ1) is 13.8. The maximum atomic E-state index is 11.2. The maximum Gasteiger partial charge on any atom is 0.334 e. The molecule has 0 atom stereocenters. The lowest BCUT2D eigenvalue weighted by atomic mass is 9.83. The fourth-order valence-corrected chi connectivity index (χ4v) is 2.48. The molecule has 1 heterocycles. The first-order valence-corrected chi connectivity index (χ1v) is 6.95. The van der Waals surface area contributed by atoms with Crippen LogP contribution in [0.4, 0.5) is 11.5 Å². The molecule has 1 aliphatic carbocycles. The molecule has 0 spiro atoms. The molecule has 0 saturated heterocycles. The molecule has 1 fully saturated rings. The molecule has 0 unspecified atom stereocenters. The van der Waals surface area contributed by atoms with Crippen LogP contribution in [0, 0.1) is 16.0 Å². The first-order chi connectivity index (χ1) is 9.00. The van der Waals surface area contributed by atoms with Crippen molar-refractivity contribution in [2.75, 3.05) is 11.9 Å². The molecule has 1 N–H and O–H groups in total. The normalized spacial score (nSPS) is 15.6. The molecule has 2 rings (SSSR count). The van der Waals surface area contributed by atoms with E-state index in [1.54, 1.807) is 11.7 Å². The summed E-state index contributed by atoms with van der Waals surface area (Å²) in [4.78, 5) is 10.9. The van der Waals surface area contributed by atoms with Gasteiger partial charge >= 0.3 is 5.69 Å². The third kappa shape index (κ3) is 2.88. The van der Waals surface area contributed by atoms with Crippen LogP contribution in [0.1, 0.15) is 51.1 Å². The molecule has 6 nitrogen and oxygen atoms in total. The van der Waals surface area contributed by atoms with Crippen LogP contribution in [0.15, 0.2) is 0 Å². The summed E-state index contributed by atoms with van der Waals surface area (Å²) in [7, 11) is 1.75. The van der Waals surface area contributed by atoms with Crippen LogP contribution < -0.4 is 5.32 Å². The minimum Gasteiger partial charge on any atom is -0.365 e. The van der Waals surface area contributed by atoms with Gasteiger partial charge in [-0.2, -0.15) is 5.10 Å². The topological polar surface area (TPSA) is 73.0 Å². The van der Waals surface area contributed by atoms with Gasteiger partial charge in [-0.05, 0) is 12.3 Å². The molecule has 0 bridgehead atoms. The summed E-state index contributed by atoms with van der Waals surface area (Å²) in [6.07, 6.45) is 5.01. The van der Waals surface area contributed by atoms with Gasteiger partial charge < -0.3 is 5.32 Å². The Morgan fingerprint density at radius 3 is 2.68 bits per heavy atom. The van der Waals surface area contributed by atoms with Gasteiger partial charge in [0.1, 0.15) is 5.69 Å². The first-order valence-electron chi connectivity index (χ1n) is 6.95. The zero-order chi connectivity index (χ0) is 14.0. The fourth-order valence-electron chi connectivity index (χ4n) is 2.48. The van der Waals surface area contributed by atoms with Gasteiger partial charge in [0, 0.05) is 19.5 Å². The van der Waals surface area contributed by atoms with E-state index >= 15 is 0 Å². The van der Waals surface area contributed by atoms with Crippen LogP contribution in [0.25, 0.3) is 0 Å². The predicted octanol–water partition coefficient (Wildman–Crippen LogP) is 3.05. The van der Waals surface area contributed by atoms with Gasteiger partial charge in [-0.15, -0.1) is 0 Å². The Labute approximate surface area is 113 Å². The van der Waals surface area contributed by atoms with E-state index in [1.165, 1.54) is 19.3 Å². The van der Waals surface area contributed by atoms with Gasteiger partial charge in [-0.3, -0.25) is 10.1 Å². The largest absolute Gasteiger partial charge is 0.365 e. The minimum atomic E-state index is -0.325. The highest BCUT2D eigenvalue weighted by atomic mass is 16.6. The van der Waals surface area contributed by atoms with E-state index in [9.17, 15) is 10.1 Å². The standard InChI is InChI=1S/C13H22N4O2/c1-9(2)11-12(17(18)19)13(16(3)15-11)14-8-7-10-5-4-6-10/h9-10,14H,4-8H2,1-3H3. The summed E-state index contributed by atoms with van der Waals surface area (Å²) >= 11 is 0. The lowest BCUT2D eigenvalue weighted by molar-refractivity contribution is -0.384. The number of rotatable bonds is 6. The number of nitrogens with one attached hydrogen (secondary N) is 1. The SMILES string of the molecule is CC(C)c1nn(C)c(NCCC2CCC2)c1[N+](=O)[O-]. The zero-order valence-corrected chi connectivity index (χ0v) is 11.8. The van der Waals surface area contributed by atoms with E-state index < -0.39 is 0 Å². The van der Waals surface area contributed by atoms with Gasteiger partial charge in [0.05, 0.1) is 4.92 Å². The molecule has 1 aliphatic rings. The highest BCUT2D eigenvalue weighted by Crippen LogP contribution is 2.33. The molecule has 6 heteroatoms. The molecule has 0 aromatic carbocycles. The van der Waals surface area contributed by atoms with Crippen molar-refractivity contribution in [1.82, 2.24) is 9.78 Å². The second kappa shape index (κ2) is 5.59. The summed E-state index contributed by atoms with van der Waals surface area (Å²) in [5, 5.41) is 18.7. The van der Waals surface area contributed by atoms with Crippen molar-refractivity contribution in [2.45, 2.75) is 45.4 Å². The molecule has 1 aromatic heterocycles. The lowest BCUT2D eigenvalue weighted by Gasteiger charge is -2.25. The Bertz CT molecular complexity index is 463. The summed E-state index contributed by atoms with van der Waals surface area (Å²) in [5.41, 5.74) is 0.685. The summed E-state index contributed by atoms with van der Waals surface area (Å²) in [5.74, 6) is 1.38. The molecule has 0 aliphatic heterocycles. The Balaban J connectivity index is 2.10. The van der Waals surface area contributed by atoms with E-state index in [0.29, 0.717) is 11.5 Å². The molecule has 1 saturated carbocycles. The summed E-state index contributed by atoms with van der Waals surface area (Å²) in [6, 6.07) is 0. The van der Waals surface area contributed by atoms with E-state index in [4.69, 9.17) is 0 Å². The molecule has 19 heavy (non-hydrogen) atoms. The third-order valence-corrected chi connectivity index (χ3v) is 3.85. The Hall–Kier alpha value is -1.59. The number of aromatic nitrogens is 2. The quantitative estimate of drug-likeness (QED) is 0.634. The molecular formula is C13H22N4O2. The Morgan fingerprint density at radius 1 is 1.53 bits per heavy atom. The second-order valence-electron chi connectivity index (χ2n) is 5.63. The third-order valence-electron chi connectivity index (χ3n) is 3.85. The molecule has 0 amide bonds. The fraction of sp³-hybridized carbons (Fsp3) is 0.769. The van der Waals surface area contributed by atoms with Crippen molar-refractivity contribution in [3.63, 3.8) is 0 Å². The highest BCUT2D eigenvalue weighted by Gasteiger charge is 2.28. The van der Waals surface area contributed by atoms with E-state index in [0.717, 1.165) is 18.9 Å². The molecule has 106 valence electrons. The number of anilines is 1. The van der Waals surface area contributed by atoms with Crippen molar-refractivity contribution >= 4 is 11.5 Å². The Morgan fingerprint density at radius 2 is 2.21 bits per heavy atom. The number of hydrogen-bond acceptors (Lipinski definition) is 4. The van der Waals surface area contributed by atoms with Crippen LogP contribution in [-0.2, 0) is 7.05 Å². The number of nitrogens with zero attached hydrogens (tertiary/aromatic N) is 3. The molecule has 0 radical (unpaired) electrons. The van der Waals surface area contributed by atoms with Crippen molar-refractivity contribution in [2.24, 2.45) is 13.0 Å². The van der Waals surface area contributed by atoms with Crippen LogP contribution >= 0.6 is 0 Å². The van der Waals surface area contributed by atoms with Gasteiger partial charge in [0.2, 0.25) is 5.82 Å². The molecular weight excluding hydrogens is 244 g/mol. The van der Waals surface area contributed by atoms with Crippen LogP contribution in [-0.4, -0.2) is 21.2 Å². The van der Waals surface area contributed by atoms with Crippen LogP contribution in [0.5, 0.6) is 0 Å². The minimum absolute atomic E-state index is 0.0498. The van der Waals surface area contributed by atoms with Crippen molar-refractivity contribution in [1.29, 1.82) is 0 Å².